The first-order valence-corrected chi connectivity index (χ1v) is 7.54. The molecule has 2 atom stereocenters. The van der Waals surface area contributed by atoms with Gasteiger partial charge in [0.2, 0.25) is 0 Å². The van der Waals surface area contributed by atoms with Crippen LogP contribution in [0.1, 0.15) is 32.3 Å². The van der Waals surface area contributed by atoms with E-state index < -0.39 is 18.1 Å². The molecule has 24 heavy (non-hydrogen) atoms. The van der Waals surface area contributed by atoms with Crippen molar-refractivity contribution in [2.75, 3.05) is 13.1 Å². The molecular formula is C16H21F3N2O3. The van der Waals surface area contributed by atoms with Gasteiger partial charge in [-0.2, -0.15) is 0 Å². The summed E-state index contributed by atoms with van der Waals surface area (Å²) in [6.07, 6.45) is -5.17. The Labute approximate surface area is 138 Å². The Morgan fingerprint density at radius 3 is 2.25 bits per heavy atom. The second kappa shape index (κ2) is 6.51. The van der Waals surface area contributed by atoms with Crippen molar-refractivity contribution in [3.63, 3.8) is 0 Å². The topological polar surface area (TPSA) is 64.8 Å². The fraction of sp³-hybridized carbons (Fsp3) is 0.562. The average molecular weight is 346 g/mol. The molecule has 5 nitrogen and oxygen atoms in total. The van der Waals surface area contributed by atoms with Gasteiger partial charge >= 0.3 is 12.5 Å². The fourth-order valence-corrected chi connectivity index (χ4v) is 2.57. The number of hydrogen-bond donors (Lipinski definition) is 1. The first kappa shape index (κ1) is 18.4. The van der Waals surface area contributed by atoms with Gasteiger partial charge in [0.15, 0.2) is 0 Å². The second-order valence-electron chi connectivity index (χ2n) is 6.77. The van der Waals surface area contributed by atoms with Crippen LogP contribution in [0.5, 0.6) is 5.75 Å². The largest absolute Gasteiger partial charge is 0.573 e. The van der Waals surface area contributed by atoms with Crippen molar-refractivity contribution < 1.29 is 27.4 Å². The Bertz CT molecular complexity index is 582. The molecule has 1 amide bonds. The maximum atomic E-state index is 12.2. The summed E-state index contributed by atoms with van der Waals surface area (Å²) in [5.74, 6) is -0.459. The van der Waals surface area contributed by atoms with E-state index in [0.717, 1.165) is 5.56 Å². The molecule has 1 saturated heterocycles. The molecule has 2 rings (SSSR count). The average Bonchev–Trinajstić information content (AvgIpc) is 2.78. The van der Waals surface area contributed by atoms with Crippen molar-refractivity contribution in [3.8, 4) is 5.75 Å². The first-order chi connectivity index (χ1) is 10.9. The number of benzene rings is 1. The zero-order chi connectivity index (χ0) is 18.1. The van der Waals surface area contributed by atoms with Gasteiger partial charge in [0.25, 0.3) is 0 Å². The van der Waals surface area contributed by atoms with Crippen LogP contribution in [-0.4, -0.2) is 42.1 Å². The molecule has 0 saturated carbocycles. The fourth-order valence-electron chi connectivity index (χ4n) is 2.57. The van der Waals surface area contributed by atoms with Gasteiger partial charge in [-0.3, -0.25) is 0 Å². The third kappa shape index (κ3) is 5.02. The number of carbonyl (C=O) groups is 1. The number of nitrogens with two attached hydrogens (primary N) is 1. The molecule has 1 aromatic carbocycles. The lowest BCUT2D eigenvalue weighted by molar-refractivity contribution is -0.274. The van der Waals surface area contributed by atoms with E-state index in [1.165, 1.54) is 29.2 Å². The van der Waals surface area contributed by atoms with Crippen LogP contribution >= 0.6 is 0 Å². The van der Waals surface area contributed by atoms with Crippen LogP contribution in [0.15, 0.2) is 24.3 Å². The number of nitrogens with zero attached hydrogens (tertiary/aromatic N) is 1. The Hall–Kier alpha value is -1.96. The van der Waals surface area contributed by atoms with Crippen molar-refractivity contribution in [1.29, 1.82) is 0 Å². The zero-order valence-corrected chi connectivity index (χ0v) is 13.8. The van der Waals surface area contributed by atoms with Gasteiger partial charge in [-0.25, -0.2) is 4.79 Å². The summed E-state index contributed by atoms with van der Waals surface area (Å²) in [4.78, 5) is 13.6. The van der Waals surface area contributed by atoms with Crippen molar-refractivity contribution >= 4 is 6.09 Å². The quantitative estimate of drug-likeness (QED) is 0.893. The SMILES string of the molecule is CC(C)(C)OC(=O)N1CC(N)[C@@H](c2ccc(OC(F)(F)F)cc2)C1. The van der Waals surface area contributed by atoms with Crippen LogP contribution in [-0.2, 0) is 4.74 Å². The number of ether oxygens (including phenoxy) is 2. The van der Waals surface area contributed by atoms with Crippen LogP contribution in [0.4, 0.5) is 18.0 Å². The standard InChI is InChI=1S/C16H21F3N2O3/c1-15(2,3)24-14(22)21-8-12(13(20)9-21)10-4-6-11(7-5-10)23-16(17,18)19/h4-7,12-13H,8-9,20H2,1-3H3/t12-,13?/m1/s1. The van der Waals surface area contributed by atoms with Crippen LogP contribution in [0.2, 0.25) is 0 Å². The highest BCUT2D eigenvalue weighted by Crippen LogP contribution is 2.30. The Morgan fingerprint density at radius 1 is 1.17 bits per heavy atom. The Kier molecular flexibility index (Phi) is 4.98. The maximum absolute atomic E-state index is 12.2. The molecule has 2 N–H and O–H groups in total. The summed E-state index contributed by atoms with van der Waals surface area (Å²) < 4.78 is 45.7. The molecular weight excluding hydrogens is 325 g/mol. The van der Waals surface area contributed by atoms with E-state index in [-0.39, 0.29) is 17.7 Å². The minimum Gasteiger partial charge on any atom is -0.444 e. The number of hydrogen-bond acceptors (Lipinski definition) is 4. The minimum atomic E-state index is -4.72. The van der Waals surface area contributed by atoms with Crippen molar-refractivity contribution in [3.05, 3.63) is 29.8 Å². The monoisotopic (exact) mass is 346 g/mol. The molecule has 1 aliphatic rings. The predicted octanol–water partition coefficient (Wildman–Crippen LogP) is 3.25. The van der Waals surface area contributed by atoms with Gasteiger partial charge in [0, 0.05) is 25.0 Å². The first-order valence-electron chi connectivity index (χ1n) is 7.54. The highest BCUT2D eigenvalue weighted by molar-refractivity contribution is 5.69. The number of carbonyl (C=O) groups excluding carboxylic acids is 1. The Balaban J connectivity index is 2.03. The van der Waals surface area contributed by atoms with Gasteiger partial charge in [-0.05, 0) is 38.5 Å². The zero-order valence-electron chi connectivity index (χ0n) is 13.8. The number of likely N-dealkylation sites (tertiary alicyclic amines) is 1. The second-order valence-corrected chi connectivity index (χ2v) is 6.77. The summed E-state index contributed by atoms with van der Waals surface area (Å²) in [5.41, 5.74) is 6.23. The van der Waals surface area contributed by atoms with E-state index >= 15 is 0 Å². The van der Waals surface area contributed by atoms with E-state index in [9.17, 15) is 18.0 Å². The van der Waals surface area contributed by atoms with Gasteiger partial charge < -0.3 is 20.1 Å². The van der Waals surface area contributed by atoms with Crippen molar-refractivity contribution in [2.45, 2.75) is 44.7 Å². The van der Waals surface area contributed by atoms with E-state index in [0.29, 0.717) is 13.1 Å². The molecule has 1 unspecified atom stereocenters. The molecule has 0 bridgehead atoms. The van der Waals surface area contributed by atoms with E-state index in [4.69, 9.17) is 10.5 Å². The molecule has 0 spiro atoms. The Morgan fingerprint density at radius 2 is 1.75 bits per heavy atom. The third-order valence-electron chi connectivity index (χ3n) is 3.56. The summed E-state index contributed by atoms with van der Waals surface area (Å²) in [5, 5.41) is 0. The number of alkyl halides is 3. The maximum Gasteiger partial charge on any atom is 0.573 e. The summed E-state index contributed by atoms with van der Waals surface area (Å²) in [6, 6.07) is 5.23. The van der Waals surface area contributed by atoms with E-state index in [2.05, 4.69) is 4.74 Å². The summed E-state index contributed by atoms with van der Waals surface area (Å²) in [6.45, 7) is 6.02. The lowest BCUT2D eigenvalue weighted by atomic mass is 9.95. The third-order valence-corrected chi connectivity index (χ3v) is 3.56. The van der Waals surface area contributed by atoms with Crippen molar-refractivity contribution in [1.82, 2.24) is 4.90 Å². The van der Waals surface area contributed by atoms with Gasteiger partial charge in [-0.1, -0.05) is 12.1 Å². The van der Waals surface area contributed by atoms with Gasteiger partial charge in [0.1, 0.15) is 11.4 Å². The van der Waals surface area contributed by atoms with Gasteiger partial charge in [0.05, 0.1) is 0 Å². The van der Waals surface area contributed by atoms with Crippen LogP contribution in [0, 0.1) is 0 Å². The van der Waals surface area contributed by atoms with E-state index in [1.54, 1.807) is 20.8 Å². The van der Waals surface area contributed by atoms with Crippen LogP contribution < -0.4 is 10.5 Å². The summed E-state index contributed by atoms with van der Waals surface area (Å²) in [7, 11) is 0. The molecule has 1 heterocycles. The normalized spacial score (nSPS) is 21.7. The number of halogens is 3. The number of rotatable bonds is 2. The highest BCUT2D eigenvalue weighted by Gasteiger charge is 2.36. The summed E-state index contributed by atoms with van der Waals surface area (Å²) >= 11 is 0. The predicted molar refractivity (Wildman–Crippen MR) is 81.6 cm³/mol. The minimum absolute atomic E-state index is 0.169. The van der Waals surface area contributed by atoms with Crippen molar-refractivity contribution in [2.24, 2.45) is 5.73 Å². The molecule has 134 valence electrons. The van der Waals surface area contributed by atoms with Gasteiger partial charge in [-0.15, -0.1) is 13.2 Å². The molecule has 1 aromatic rings. The molecule has 1 fully saturated rings. The molecule has 0 aromatic heterocycles. The highest BCUT2D eigenvalue weighted by atomic mass is 19.4. The van der Waals surface area contributed by atoms with Crippen LogP contribution in [0.3, 0.4) is 0 Å². The molecule has 0 aliphatic carbocycles. The number of amides is 1. The molecule has 1 aliphatic heterocycles. The smallest absolute Gasteiger partial charge is 0.444 e. The molecule has 8 heteroatoms. The lowest BCUT2D eigenvalue weighted by Gasteiger charge is -2.24. The van der Waals surface area contributed by atoms with E-state index in [1.807, 2.05) is 0 Å². The van der Waals surface area contributed by atoms with Crippen LogP contribution in [0.25, 0.3) is 0 Å². The molecule has 0 radical (unpaired) electrons. The lowest BCUT2D eigenvalue weighted by Crippen LogP contribution is -2.36.